The summed E-state index contributed by atoms with van der Waals surface area (Å²) < 4.78 is 0. The Balaban J connectivity index is 1.71. The lowest BCUT2D eigenvalue weighted by Crippen LogP contribution is -1.97. The lowest BCUT2D eigenvalue weighted by molar-refractivity contribution is 0.104. The van der Waals surface area contributed by atoms with Crippen LogP contribution in [-0.2, 0) is 0 Å². The lowest BCUT2D eigenvalue weighted by Gasteiger charge is -2.12. The van der Waals surface area contributed by atoms with Crippen LogP contribution in [0.2, 0.25) is 0 Å². The minimum Gasteiger partial charge on any atom is -0.289 e. The van der Waals surface area contributed by atoms with E-state index < -0.39 is 0 Å². The van der Waals surface area contributed by atoms with Gasteiger partial charge >= 0.3 is 0 Å². The number of allylic oxidation sites excluding steroid dienone is 1. The van der Waals surface area contributed by atoms with Crippen molar-refractivity contribution < 1.29 is 4.79 Å². The van der Waals surface area contributed by atoms with Gasteiger partial charge in [0.05, 0.1) is 0 Å². The summed E-state index contributed by atoms with van der Waals surface area (Å²) in [4.78, 5) is 12.9. The Labute approximate surface area is 151 Å². The van der Waals surface area contributed by atoms with Crippen LogP contribution in [0.5, 0.6) is 0 Å². The molecule has 5 aromatic rings. The molecule has 1 heteroatoms. The summed E-state index contributed by atoms with van der Waals surface area (Å²) >= 11 is 0. The Morgan fingerprint density at radius 2 is 1.27 bits per heavy atom. The molecule has 26 heavy (non-hydrogen) atoms. The normalized spacial score (nSPS) is 11.8. The highest BCUT2D eigenvalue weighted by molar-refractivity contribution is 6.27. The van der Waals surface area contributed by atoms with Gasteiger partial charge in [0.1, 0.15) is 0 Å². The third kappa shape index (κ3) is 2.29. The Hall–Kier alpha value is -3.45. The van der Waals surface area contributed by atoms with Crippen LogP contribution < -0.4 is 0 Å². The van der Waals surface area contributed by atoms with E-state index in [1.807, 2.05) is 42.5 Å². The molecule has 0 saturated carbocycles. The second-order valence-electron chi connectivity index (χ2n) is 6.58. The molecule has 0 saturated heterocycles. The maximum Gasteiger partial charge on any atom is 0.186 e. The van der Waals surface area contributed by atoms with E-state index in [1.165, 1.54) is 26.9 Å². The highest BCUT2D eigenvalue weighted by Crippen LogP contribution is 2.36. The maximum absolute atomic E-state index is 12.9. The van der Waals surface area contributed by atoms with Crippen LogP contribution in [0.25, 0.3) is 38.4 Å². The zero-order valence-corrected chi connectivity index (χ0v) is 14.1. The quantitative estimate of drug-likeness (QED) is 0.210. The molecule has 5 aromatic carbocycles. The molecular weight excluding hydrogens is 316 g/mol. The molecule has 0 aromatic heterocycles. The summed E-state index contributed by atoms with van der Waals surface area (Å²) in [5, 5.41) is 7.04. The number of benzene rings is 5. The highest BCUT2D eigenvalue weighted by Gasteiger charge is 2.13. The van der Waals surface area contributed by atoms with Crippen molar-refractivity contribution in [3.8, 4) is 0 Å². The minimum atomic E-state index is 0.0341. The average Bonchev–Trinajstić information content (AvgIpc) is 2.71. The minimum absolute atomic E-state index is 0.0341. The lowest BCUT2D eigenvalue weighted by atomic mass is 9.91. The van der Waals surface area contributed by atoms with E-state index in [1.54, 1.807) is 6.08 Å². The molecule has 0 aliphatic heterocycles. The first-order valence-corrected chi connectivity index (χ1v) is 8.75. The number of rotatable bonds is 3. The second-order valence-corrected chi connectivity index (χ2v) is 6.58. The van der Waals surface area contributed by atoms with E-state index in [-0.39, 0.29) is 5.78 Å². The van der Waals surface area contributed by atoms with Gasteiger partial charge in [-0.25, -0.2) is 0 Å². The van der Waals surface area contributed by atoms with Crippen molar-refractivity contribution in [1.29, 1.82) is 0 Å². The fourth-order valence-electron chi connectivity index (χ4n) is 3.78. The van der Waals surface area contributed by atoms with Gasteiger partial charge in [0.2, 0.25) is 0 Å². The van der Waals surface area contributed by atoms with Crippen LogP contribution in [0.1, 0.15) is 15.9 Å². The first kappa shape index (κ1) is 14.9. The van der Waals surface area contributed by atoms with Gasteiger partial charge in [-0.15, -0.1) is 0 Å². The molecule has 0 aliphatic rings. The van der Waals surface area contributed by atoms with Crippen LogP contribution in [0.15, 0.2) is 91.0 Å². The SMILES string of the molecule is O=C(/C=C/c1ccccc1)c1ccc2ccc3cccc4ccc1c2c34. The molecule has 0 spiro atoms. The van der Waals surface area contributed by atoms with Gasteiger partial charge in [-0.1, -0.05) is 84.9 Å². The molecule has 0 amide bonds. The Morgan fingerprint density at radius 3 is 2.04 bits per heavy atom. The number of hydrogen-bond acceptors (Lipinski definition) is 1. The summed E-state index contributed by atoms with van der Waals surface area (Å²) in [6, 6.07) is 28.7. The largest absolute Gasteiger partial charge is 0.289 e. The third-order valence-electron chi connectivity index (χ3n) is 5.02. The highest BCUT2D eigenvalue weighted by atomic mass is 16.1. The number of hydrogen-bond donors (Lipinski definition) is 0. The van der Waals surface area contributed by atoms with Crippen LogP contribution in [-0.4, -0.2) is 5.78 Å². The van der Waals surface area contributed by atoms with Crippen molar-refractivity contribution in [3.63, 3.8) is 0 Å². The summed E-state index contributed by atoms with van der Waals surface area (Å²) in [7, 11) is 0. The average molecular weight is 332 g/mol. The Kier molecular flexibility index (Phi) is 3.32. The van der Waals surface area contributed by atoms with Gasteiger partial charge in [0.15, 0.2) is 5.78 Å². The molecule has 0 fully saturated rings. The van der Waals surface area contributed by atoms with E-state index in [0.29, 0.717) is 0 Å². The molecule has 0 bridgehead atoms. The van der Waals surface area contributed by atoms with Gasteiger partial charge in [-0.2, -0.15) is 0 Å². The molecule has 0 atom stereocenters. The first-order chi connectivity index (χ1) is 12.8. The molecule has 122 valence electrons. The van der Waals surface area contributed by atoms with Crippen molar-refractivity contribution in [2.75, 3.05) is 0 Å². The van der Waals surface area contributed by atoms with Crippen molar-refractivity contribution in [3.05, 3.63) is 102 Å². The van der Waals surface area contributed by atoms with Crippen molar-refractivity contribution in [1.82, 2.24) is 0 Å². The summed E-state index contributed by atoms with van der Waals surface area (Å²) in [6.07, 6.45) is 3.54. The zero-order chi connectivity index (χ0) is 17.5. The third-order valence-corrected chi connectivity index (χ3v) is 5.02. The smallest absolute Gasteiger partial charge is 0.186 e. The number of ketones is 1. The van der Waals surface area contributed by atoms with Crippen LogP contribution >= 0.6 is 0 Å². The monoisotopic (exact) mass is 332 g/mol. The standard InChI is InChI=1S/C25H16O/c26-23(16-9-17-5-2-1-3-6-17)21-14-12-20-11-10-18-7-4-8-19-13-15-22(21)25(20)24(18)19/h1-16H/b16-9+. The first-order valence-electron chi connectivity index (χ1n) is 8.75. The maximum atomic E-state index is 12.9. The summed E-state index contributed by atoms with van der Waals surface area (Å²) in [5.41, 5.74) is 1.78. The van der Waals surface area contributed by atoms with Gasteiger partial charge in [0, 0.05) is 5.56 Å². The van der Waals surface area contributed by atoms with E-state index in [9.17, 15) is 4.79 Å². The van der Waals surface area contributed by atoms with Gasteiger partial charge in [0.25, 0.3) is 0 Å². The molecule has 0 radical (unpaired) electrons. The molecule has 0 N–H and O–H groups in total. The fraction of sp³-hybridized carbons (Fsp3) is 0. The predicted octanol–water partition coefficient (Wildman–Crippen LogP) is 6.48. The molecule has 0 aliphatic carbocycles. The topological polar surface area (TPSA) is 17.1 Å². The van der Waals surface area contributed by atoms with Gasteiger partial charge in [-0.3, -0.25) is 4.79 Å². The molecule has 1 nitrogen and oxygen atoms in total. The zero-order valence-electron chi connectivity index (χ0n) is 14.1. The van der Waals surface area contributed by atoms with Gasteiger partial charge in [-0.05, 0) is 50.0 Å². The van der Waals surface area contributed by atoms with Crippen LogP contribution in [0, 0.1) is 0 Å². The summed E-state index contributed by atoms with van der Waals surface area (Å²) in [6.45, 7) is 0. The second kappa shape index (κ2) is 5.82. The summed E-state index contributed by atoms with van der Waals surface area (Å²) in [5.74, 6) is 0.0341. The fourth-order valence-corrected chi connectivity index (χ4v) is 3.78. The predicted molar refractivity (Wildman–Crippen MR) is 110 cm³/mol. The number of carbonyl (C=O) groups excluding carboxylic acids is 1. The molecule has 0 unspecified atom stereocenters. The van der Waals surface area contributed by atoms with Gasteiger partial charge < -0.3 is 0 Å². The van der Waals surface area contributed by atoms with Crippen LogP contribution in [0.4, 0.5) is 0 Å². The van der Waals surface area contributed by atoms with E-state index in [0.717, 1.165) is 16.5 Å². The van der Waals surface area contributed by atoms with E-state index in [4.69, 9.17) is 0 Å². The Bertz CT molecular complexity index is 1260. The molecule has 5 rings (SSSR count). The molecule has 0 heterocycles. The van der Waals surface area contributed by atoms with E-state index in [2.05, 4.69) is 48.5 Å². The molecular formula is C25H16O. The number of carbonyl (C=O) groups is 1. The van der Waals surface area contributed by atoms with Crippen molar-refractivity contribution >= 4 is 44.2 Å². The van der Waals surface area contributed by atoms with E-state index >= 15 is 0 Å². The van der Waals surface area contributed by atoms with Crippen molar-refractivity contribution in [2.45, 2.75) is 0 Å². The Morgan fingerprint density at radius 1 is 0.615 bits per heavy atom. The van der Waals surface area contributed by atoms with Crippen molar-refractivity contribution in [2.24, 2.45) is 0 Å². The van der Waals surface area contributed by atoms with Crippen LogP contribution in [0.3, 0.4) is 0 Å².